The third kappa shape index (κ3) is 4.86. The Morgan fingerprint density at radius 2 is 1.87 bits per heavy atom. The molecule has 31 heavy (non-hydrogen) atoms. The lowest BCUT2D eigenvalue weighted by molar-refractivity contribution is 0.0940. The molecule has 0 saturated heterocycles. The van der Waals surface area contributed by atoms with E-state index in [-0.39, 0.29) is 28.6 Å². The predicted octanol–water partition coefficient (Wildman–Crippen LogP) is 3.94. The predicted molar refractivity (Wildman–Crippen MR) is 124 cm³/mol. The van der Waals surface area contributed by atoms with Crippen molar-refractivity contribution >= 4 is 22.6 Å². The number of amides is 1. The Labute approximate surface area is 182 Å². The van der Waals surface area contributed by atoms with Gasteiger partial charge < -0.3 is 9.88 Å². The van der Waals surface area contributed by atoms with Crippen molar-refractivity contribution in [2.24, 2.45) is 0 Å². The molecule has 0 fully saturated rings. The summed E-state index contributed by atoms with van der Waals surface area (Å²) in [6.07, 6.45) is 8.39. The second-order valence-electron chi connectivity index (χ2n) is 8.49. The number of carbonyl (C=O) groups excluding carboxylic acids is 1. The third-order valence-electron chi connectivity index (χ3n) is 5.53. The molecule has 0 aromatic carbocycles. The van der Waals surface area contributed by atoms with Gasteiger partial charge in [0.05, 0.1) is 10.9 Å². The van der Waals surface area contributed by atoms with E-state index in [0.29, 0.717) is 23.2 Å². The van der Waals surface area contributed by atoms with Crippen LogP contribution in [-0.2, 0) is 6.54 Å². The Kier molecular flexibility index (Phi) is 7.25. The summed E-state index contributed by atoms with van der Waals surface area (Å²) < 4.78 is 3.25. The van der Waals surface area contributed by atoms with Crippen LogP contribution in [0.25, 0.3) is 16.7 Å². The highest BCUT2D eigenvalue weighted by Crippen LogP contribution is 2.14. The van der Waals surface area contributed by atoms with E-state index < -0.39 is 0 Å². The number of carbonyl (C=O) groups is 1. The number of hydrogen-bond acceptors (Lipinski definition) is 4. The lowest BCUT2D eigenvalue weighted by Crippen LogP contribution is -2.37. The van der Waals surface area contributed by atoms with Crippen LogP contribution in [0.5, 0.6) is 0 Å². The second-order valence-corrected chi connectivity index (χ2v) is 8.49. The Morgan fingerprint density at radius 1 is 1.16 bits per heavy atom. The van der Waals surface area contributed by atoms with E-state index in [0.717, 1.165) is 24.8 Å². The fraction of sp³-hybridized carbons (Fsp3) is 0.500. The zero-order valence-corrected chi connectivity index (χ0v) is 19.0. The first kappa shape index (κ1) is 22.7. The molecule has 2 N–H and O–H groups in total. The molecule has 0 spiro atoms. The van der Waals surface area contributed by atoms with Gasteiger partial charge in [-0.05, 0) is 44.9 Å². The van der Waals surface area contributed by atoms with Crippen molar-refractivity contribution in [1.29, 1.82) is 5.41 Å². The third-order valence-corrected chi connectivity index (χ3v) is 5.53. The maximum Gasteiger partial charge on any atom is 0.267 e. The molecule has 0 saturated carbocycles. The van der Waals surface area contributed by atoms with E-state index in [1.807, 2.05) is 32.9 Å². The first-order chi connectivity index (χ1) is 14.8. The Morgan fingerprint density at radius 3 is 2.58 bits per heavy atom. The molecular weight excluding hydrogens is 390 g/mol. The van der Waals surface area contributed by atoms with Gasteiger partial charge in [0.25, 0.3) is 11.5 Å². The highest BCUT2D eigenvalue weighted by molar-refractivity contribution is 5.97. The molecule has 7 heteroatoms. The molecule has 166 valence electrons. The SMILES string of the molecule is CCCCCCCCn1c(=N)c(C(=O)NC(C)C)cc2c(=O)n3cccc(C)c3nc21. The van der Waals surface area contributed by atoms with Crippen LogP contribution in [0.15, 0.2) is 29.2 Å². The molecule has 1 amide bonds. The van der Waals surface area contributed by atoms with Crippen LogP contribution in [0.4, 0.5) is 0 Å². The van der Waals surface area contributed by atoms with Crippen LogP contribution >= 0.6 is 0 Å². The summed E-state index contributed by atoms with van der Waals surface area (Å²) in [7, 11) is 0. The van der Waals surface area contributed by atoms with Gasteiger partial charge in [0.2, 0.25) is 0 Å². The number of unbranched alkanes of at least 4 members (excludes halogenated alkanes) is 5. The second kappa shape index (κ2) is 9.90. The minimum atomic E-state index is -0.340. The number of aromatic nitrogens is 3. The largest absolute Gasteiger partial charge is 0.350 e. The fourth-order valence-corrected chi connectivity index (χ4v) is 3.88. The van der Waals surface area contributed by atoms with Gasteiger partial charge in [0, 0.05) is 18.8 Å². The zero-order valence-electron chi connectivity index (χ0n) is 19.0. The van der Waals surface area contributed by atoms with Crippen molar-refractivity contribution in [2.45, 2.75) is 78.8 Å². The molecule has 3 rings (SSSR count). The van der Waals surface area contributed by atoms with Crippen LogP contribution in [0.1, 0.15) is 75.2 Å². The maximum absolute atomic E-state index is 13.3. The standard InChI is InChI=1S/C24H33N5O2/c1-5-6-7-8-9-10-13-28-20(25)18(23(30)26-16(2)3)15-19-22(28)27-21-17(4)12-11-14-29(21)24(19)31/h11-12,14-16,25H,5-10,13H2,1-4H3,(H,26,30). The van der Waals surface area contributed by atoms with Crippen molar-refractivity contribution in [3.63, 3.8) is 0 Å². The van der Waals surface area contributed by atoms with Gasteiger partial charge in [-0.25, -0.2) is 4.98 Å². The highest BCUT2D eigenvalue weighted by atomic mass is 16.1. The fourth-order valence-electron chi connectivity index (χ4n) is 3.88. The van der Waals surface area contributed by atoms with Crippen LogP contribution in [-0.4, -0.2) is 25.9 Å². The van der Waals surface area contributed by atoms with Gasteiger partial charge in [0.15, 0.2) is 0 Å². The van der Waals surface area contributed by atoms with Crippen molar-refractivity contribution < 1.29 is 4.79 Å². The number of hydrogen-bond donors (Lipinski definition) is 2. The van der Waals surface area contributed by atoms with Crippen molar-refractivity contribution in [3.05, 3.63) is 51.4 Å². The first-order valence-corrected chi connectivity index (χ1v) is 11.3. The molecule has 0 aliphatic heterocycles. The first-order valence-electron chi connectivity index (χ1n) is 11.3. The summed E-state index contributed by atoms with van der Waals surface area (Å²) in [5.74, 6) is -0.340. The smallest absolute Gasteiger partial charge is 0.267 e. The molecule has 0 aliphatic rings. The zero-order chi connectivity index (χ0) is 22.5. The number of aryl methyl sites for hydroxylation is 2. The van der Waals surface area contributed by atoms with Crippen molar-refractivity contribution in [3.8, 4) is 0 Å². The quantitative estimate of drug-likeness (QED) is 0.403. The van der Waals surface area contributed by atoms with Crippen molar-refractivity contribution in [2.75, 3.05) is 0 Å². The lowest BCUT2D eigenvalue weighted by Gasteiger charge is -2.16. The van der Waals surface area contributed by atoms with Crippen LogP contribution in [0.2, 0.25) is 0 Å². The molecule has 3 aromatic heterocycles. The number of nitrogens with one attached hydrogen (secondary N) is 2. The van der Waals surface area contributed by atoms with E-state index in [2.05, 4.69) is 12.2 Å². The monoisotopic (exact) mass is 423 g/mol. The Hall–Kier alpha value is -2.96. The van der Waals surface area contributed by atoms with Gasteiger partial charge in [-0.1, -0.05) is 45.1 Å². The van der Waals surface area contributed by atoms with E-state index in [9.17, 15) is 9.59 Å². The topological polar surface area (TPSA) is 92.2 Å². The Balaban J connectivity index is 2.14. The highest BCUT2D eigenvalue weighted by Gasteiger charge is 2.18. The molecule has 3 heterocycles. The average Bonchev–Trinajstić information content (AvgIpc) is 2.72. The molecule has 3 aromatic rings. The van der Waals surface area contributed by atoms with Gasteiger partial charge in [0.1, 0.15) is 16.8 Å². The molecule has 7 nitrogen and oxygen atoms in total. The van der Waals surface area contributed by atoms with E-state index >= 15 is 0 Å². The van der Waals surface area contributed by atoms with E-state index in [1.165, 1.54) is 29.7 Å². The molecule has 0 bridgehead atoms. The van der Waals surface area contributed by atoms with Gasteiger partial charge in [-0.15, -0.1) is 0 Å². The molecule has 0 unspecified atom stereocenters. The summed E-state index contributed by atoms with van der Waals surface area (Å²) in [5, 5.41) is 11.9. The average molecular weight is 424 g/mol. The van der Waals surface area contributed by atoms with E-state index in [4.69, 9.17) is 10.4 Å². The minimum Gasteiger partial charge on any atom is -0.350 e. The Bertz CT molecular complexity index is 1210. The summed E-state index contributed by atoms with van der Waals surface area (Å²) >= 11 is 0. The van der Waals surface area contributed by atoms with Crippen LogP contribution < -0.4 is 16.4 Å². The molecule has 0 radical (unpaired) electrons. The minimum absolute atomic E-state index is 0.0620. The summed E-state index contributed by atoms with van der Waals surface area (Å²) in [6, 6.07) is 5.19. The van der Waals surface area contributed by atoms with Crippen molar-refractivity contribution in [1.82, 2.24) is 19.3 Å². The van der Waals surface area contributed by atoms with Crippen LogP contribution in [0.3, 0.4) is 0 Å². The number of fused-ring (bicyclic) bond motifs is 2. The number of rotatable bonds is 9. The van der Waals surface area contributed by atoms with Crippen LogP contribution in [0, 0.1) is 12.3 Å². The normalized spacial score (nSPS) is 11.5. The summed E-state index contributed by atoms with van der Waals surface area (Å²) in [5.41, 5.74) is 2.02. The van der Waals surface area contributed by atoms with Gasteiger partial charge in [-0.3, -0.25) is 19.4 Å². The molecular formula is C24H33N5O2. The molecule has 0 aliphatic carbocycles. The van der Waals surface area contributed by atoms with Gasteiger partial charge >= 0.3 is 0 Å². The summed E-state index contributed by atoms with van der Waals surface area (Å²) in [4.78, 5) is 30.8. The number of nitrogens with zero attached hydrogens (tertiary/aromatic N) is 3. The number of pyridine rings is 2. The lowest BCUT2D eigenvalue weighted by atomic mass is 10.1. The maximum atomic E-state index is 13.3. The van der Waals surface area contributed by atoms with Gasteiger partial charge in [-0.2, -0.15) is 0 Å². The molecule has 0 atom stereocenters. The van der Waals surface area contributed by atoms with E-state index in [1.54, 1.807) is 10.8 Å². The summed E-state index contributed by atoms with van der Waals surface area (Å²) in [6.45, 7) is 8.41.